The highest BCUT2D eigenvalue weighted by atomic mass is 16.5. The second-order valence-corrected chi connectivity index (χ2v) is 13.1. The van der Waals surface area contributed by atoms with Crippen molar-refractivity contribution >= 4 is 22.7 Å². The Labute approximate surface area is 277 Å². The van der Waals surface area contributed by atoms with E-state index in [9.17, 15) is 14.4 Å². The lowest BCUT2D eigenvalue weighted by Crippen LogP contribution is -2.43. The molecule has 2 N–H and O–H groups in total. The highest BCUT2D eigenvalue weighted by molar-refractivity contribution is 6.03. The zero-order valence-corrected chi connectivity index (χ0v) is 28.7. The summed E-state index contributed by atoms with van der Waals surface area (Å²) in [5.74, 6) is 1.13. The molecule has 0 saturated heterocycles. The van der Waals surface area contributed by atoms with Crippen molar-refractivity contribution in [3.63, 3.8) is 0 Å². The molecule has 2 heterocycles. The van der Waals surface area contributed by atoms with E-state index in [1.165, 1.54) is 23.8 Å². The summed E-state index contributed by atoms with van der Waals surface area (Å²) < 4.78 is 8.12. The number of aryl methyl sites for hydroxylation is 1. The lowest BCUT2D eigenvalue weighted by molar-refractivity contribution is 0.0625. The van der Waals surface area contributed by atoms with E-state index in [1.54, 1.807) is 19.3 Å². The molecule has 9 heteroatoms. The molecule has 1 fully saturated rings. The fourth-order valence-electron chi connectivity index (χ4n) is 6.59. The summed E-state index contributed by atoms with van der Waals surface area (Å²) >= 11 is 0. The first kappa shape index (κ1) is 34.0. The van der Waals surface area contributed by atoms with Gasteiger partial charge in [-0.25, -0.2) is 0 Å². The predicted molar refractivity (Wildman–Crippen MR) is 189 cm³/mol. The molecule has 0 radical (unpaired) electrons. The lowest BCUT2D eigenvalue weighted by atomic mass is 9.92. The van der Waals surface area contributed by atoms with Crippen molar-refractivity contribution in [2.45, 2.75) is 71.8 Å². The summed E-state index contributed by atoms with van der Waals surface area (Å²) in [6, 6.07) is 13.5. The van der Waals surface area contributed by atoms with Crippen molar-refractivity contribution in [1.29, 1.82) is 0 Å². The highest BCUT2D eigenvalue weighted by Crippen LogP contribution is 2.38. The van der Waals surface area contributed by atoms with Crippen LogP contribution in [0.5, 0.6) is 11.5 Å². The first-order valence-corrected chi connectivity index (χ1v) is 16.9. The second-order valence-electron chi connectivity index (χ2n) is 13.1. The Bertz CT molecular complexity index is 1800. The van der Waals surface area contributed by atoms with Crippen molar-refractivity contribution in [3.05, 3.63) is 81.4 Å². The van der Waals surface area contributed by atoms with Crippen molar-refractivity contribution in [2.24, 2.45) is 7.05 Å². The normalized spacial score (nSPS) is 13.7. The van der Waals surface area contributed by atoms with Crippen molar-refractivity contribution < 1.29 is 14.3 Å². The van der Waals surface area contributed by atoms with Gasteiger partial charge in [0.1, 0.15) is 22.7 Å². The third-order valence-electron chi connectivity index (χ3n) is 9.39. The summed E-state index contributed by atoms with van der Waals surface area (Å²) in [7, 11) is 5.84. The van der Waals surface area contributed by atoms with Crippen LogP contribution in [0.3, 0.4) is 0 Å². The van der Waals surface area contributed by atoms with Gasteiger partial charge in [0.05, 0.1) is 0 Å². The number of benzene rings is 2. The number of carbonyl (C=O) groups is 2. The predicted octanol–water partition coefficient (Wildman–Crippen LogP) is 6.81. The molecule has 250 valence electrons. The molecule has 0 unspecified atom stereocenters. The molecule has 2 aromatic heterocycles. The molecule has 1 aliphatic rings. The number of fused-ring (bicyclic) bond motifs is 1. The Morgan fingerprint density at radius 2 is 1.72 bits per heavy atom. The zero-order chi connectivity index (χ0) is 33.7. The first-order chi connectivity index (χ1) is 22.6. The van der Waals surface area contributed by atoms with Gasteiger partial charge < -0.3 is 29.4 Å². The van der Waals surface area contributed by atoms with Gasteiger partial charge in [-0.1, -0.05) is 44.4 Å². The maximum Gasteiger partial charge on any atom is 0.274 e. The van der Waals surface area contributed by atoms with Crippen molar-refractivity contribution in [2.75, 3.05) is 33.7 Å². The van der Waals surface area contributed by atoms with Crippen LogP contribution in [0.25, 0.3) is 22.0 Å². The monoisotopic (exact) mass is 639 g/mol. The SMILES string of the molecule is CCCNC(=O)c1cc2c(-c3ccccc3Oc3ccc(C(=O)N(CCCN(C)C)C4CCCCC4)c(C)c3C)cn(C)c(=O)c2[nH]1. The third-order valence-corrected chi connectivity index (χ3v) is 9.39. The van der Waals surface area contributed by atoms with Gasteiger partial charge in [0.15, 0.2) is 0 Å². The molecule has 0 bridgehead atoms. The molecule has 9 nitrogen and oxygen atoms in total. The van der Waals surface area contributed by atoms with Gasteiger partial charge in [0.25, 0.3) is 17.4 Å². The fraction of sp³-hybridized carbons (Fsp3) is 0.447. The molecule has 4 aromatic rings. The molecule has 2 aromatic carbocycles. The number of para-hydroxylation sites is 1. The van der Waals surface area contributed by atoms with Crippen LogP contribution >= 0.6 is 0 Å². The van der Waals surface area contributed by atoms with E-state index in [0.717, 1.165) is 66.6 Å². The zero-order valence-electron chi connectivity index (χ0n) is 28.7. The van der Waals surface area contributed by atoms with Gasteiger partial charge in [0.2, 0.25) is 0 Å². The Kier molecular flexibility index (Phi) is 10.9. The van der Waals surface area contributed by atoms with Gasteiger partial charge in [0, 0.05) is 54.5 Å². The van der Waals surface area contributed by atoms with Gasteiger partial charge >= 0.3 is 0 Å². The third kappa shape index (κ3) is 7.46. The van der Waals surface area contributed by atoms with Crippen LogP contribution in [-0.2, 0) is 7.05 Å². The number of rotatable bonds is 12. The molecule has 0 spiro atoms. The quantitative estimate of drug-likeness (QED) is 0.178. The number of hydrogen-bond acceptors (Lipinski definition) is 5. The van der Waals surface area contributed by atoms with Crippen LogP contribution in [-0.4, -0.2) is 70.9 Å². The summed E-state index contributed by atoms with van der Waals surface area (Å²) in [5.41, 5.74) is 4.59. The second kappa shape index (κ2) is 15.0. The van der Waals surface area contributed by atoms with Crippen LogP contribution in [0.2, 0.25) is 0 Å². The number of amides is 2. The van der Waals surface area contributed by atoms with E-state index in [0.29, 0.717) is 34.6 Å². The van der Waals surface area contributed by atoms with Gasteiger partial charge in [-0.05, 0) is 95.6 Å². The number of nitrogens with one attached hydrogen (secondary N) is 2. The number of hydrogen-bond donors (Lipinski definition) is 2. The minimum absolute atomic E-state index is 0.0991. The van der Waals surface area contributed by atoms with Gasteiger partial charge in [-0.2, -0.15) is 0 Å². The number of H-pyrrole nitrogens is 1. The molecule has 5 rings (SSSR count). The Hall–Kier alpha value is -4.37. The van der Waals surface area contributed by atoms with E-state index >= 15 is 0 Å². The van der Waals surface area contributed by atoms with Gasteiger partial charge in [-0.15, -0.1) is 0 Å². The average molecular weight is 640 g/mol. The van der Waals surface area contributed by atoms with Crippen LogP contribution in [0.15, 0.2) is 53.5 Å². The maximum absolute atomic E-state index is 14.1. The Balaban J connectivity index is 1.47. The summed E-state index contributed by atoms with van der Waals surface area (Å²) in [6.45, 7) is 8.23. The molecule has 2 amide bonds. The van der Waals surface area contributed by atoms with E-state index < -0.39 is 0 Å². The fourth-order valence-corrected chi connectivity index (χ4v) is 6.59. The minimum Gasteiger partial charge on any atom is -0.456 e. The highest BCUT2D eigenvalue weighted by Gasteiger charge is 2.28. The molecular formula is C38H49N5O4. The Morgan fingerprint density at radius 1 is 0.979 bits per heavy atom. The number of aromatic nitrogens is 2. The van der Waals surface area contributed by atoms with Crippen molar-refractivity contribution in [1.82, 2.24) is 24.7 Å². The Morgan fingerprint density at radius 3 is 2.45 bits per heavy atom. The number of nitrogens with zero attached hydrogens (tertiary/aromatic N) is 3. The largest absolute Gasteiger partial charge is 0.456 e. The number of aromatic amines is 1. The van der Waals surface area contributed by atoms with E-state index in [2.05, 4.69) is 34.2 Å². The van der Waals surface area contributed by atoms with Crippen molar-refractivity contribution in [3.8, 4) is 22.6 Å². The van der Waals surface area contributed by atoms with Gasteiger partial charge in [-0.3, -0.25) is 14.4 Å². The van der Waals surface area contributed by atoms with Crippen LogP contribution in [0.4, 0.5) is 0 Å². The number of pyridine rings is 1. The molecule has 0 atom stereocenters. The van der Waals surface area contributed by atoms with Crippen LogP contribution in [0, 0.1) is 13.8 Å². The topological polar surface area (TPSA) is 99.7 Å². The molecule has 1 aliphatic carbocycles. The van der Waals surface area contributed by atoms with E-state index in [1.807, 2.05) is 57.2 Å². The molecule has 47 heavy (non-hydrogen) atoms. The number of ether oxygens (including phenoxy) is 1. The lowest BCUT2D eigenvalue weighted by Gasteiger charge is -2.35. The first-order valence-electron chi connectivity index (χ1n) is 16.9. The molecule has 0 aliphatic heterocycles. The van der Waals surface area contributed by atoms with E-state index in [-0.39, 0.29) is 23.4 Å². The summed E-state index contributed by atoms with van der Waals surface area (Å²) in [6.07, 6.45) is 9.25. The van der Waals surface area contributed by atoms with Crippen LogP contribution in [0.1, 0.15) is 83.8 Å². The van der Waals surface area contributed by atoms with Crippen LogP contribution < -0.4 is 15.6 Å². The molecular weight excluding hydrogens is 590 g/mol. The van der Waals surface area contributed by atoms with E-state index in [4.69, 9.17) is 4.74 Å². The summed E-state index contributed by atoms with van der Waals surface area (Å²) in [5, 5.41) is 3.53. The molecule has 1 saturated carbocycles. The smallest absolute Gasteiger partial charge is 0.274 e. The minimum atomic E-state index is -0.249. The number of carbonyl (C=O) groups excluding carboxylic acids is 2. The maximum atomic E-state index is 14.1. The standard InChI is InChI=1S/C38H49N5O4/c1-7-20-39-36(44)32-23-30-31(24-42(6)38(46)35(30)40-32)29-16-11-12-17-34(29)47-33-19-18-28(25(2)26(33)3)37(45)43(22-13-21-41(4)5)27-14-9-8-10-15-27/h11-12,16-19,23-24,27,40H,7-10,13-15,20-22H2,1-6H3,(H,39,44). The summed E-state index contributed by atoms with van der Waals surface area (Å²) in [4.78, 5) is 47.3. The average Bonchev–Trinajstić information content (AvgIpc) is 3.52.